The van der Waals surface area contributed by atoms with Crippen LogP contribution >= 0.6 is 34.5 Å². The summed E-state index contributed by atoms with van der Waals surface area (Å²) in [5.41, 5.74) is 1.32. The van der Waals surface area contributed by atoms with Crippen molar-refractivity contribution >= 4 is 62.3 Å². The molecule has 1 aromatic heterocycles. The Morgan fingerprint density at radius 3 is 2.74 bits per heavy atom. The Kier molecular flexibility index (Phi) is 6.31. The van der Waals surface area contributed by atoms with Crippen molar-refractivity contribution in [2.45, 2.75) is 25.9 Å². The van der Waals surface area contributed by atoms with Crippen LogP contribution in [0.5, 0.6) is 0 Å². The van der Waals surface area contributed by atoms with Crippen molar-refractivity contribution in [3.63, 3.8) is 0 Å². The number of carbonyl (C=O) groups excluding carboxylic acids is 2. The van der Waals surface area contributed by atoms with E-state index in [0.29, 0.717) is 22.2 Å². The molecule has 140 valence electrons. The minimum Gasteiger partial charge on any atom is -0.453 e. The molecule has 1 amide bonds. The second kappa shape index (κ2) is 8.69. The number of anilines is 1. The van der Waals surface area contributed by atoms with Crippen molar-refractivity contribution < 1.29 is 14.3 Å². The summed E-state index contributed by atoms with van der Waals surface area (Å²) in [6.45, 7) is 1.51. The number of halogens is 2. The van der Waals surface area contributed by atoms with Crippen LogP contribution in [0.4, 0.5) is 5.69 Å². The lowest BCUT2D eigenvalue weighted by Crippen LogP contribution is -2.30. The van der Waals surface area contributed by atoms with E-state index in [0.717, 1.165) is 15.2 Å². The summed E-state index contributed by atoms with van der Waals surface area (Å²) < 4.78 is 6.28. The van der Waals surface area contributed by atoms with Crippen molar-refractivity contribution in [3.8, 4) is 0 Å². The van der Waals surface area contributed by atoms with Crippen LogP contribution in [0.1, 0.15) is 18.4 Å². The van der Waals surface area contributed by atoms with E-state index in [2.05, 4.69) is 10.3 Å². The highest BCUT2D eigenvalue weighted by molar-refractivity contribution is 7.18. The molecular weight excluding hydrogens is 407 g/mol. The van der Waals surface area contributed by atoms with E-state index >= 15 is 0 Å². The highest BCUT2D eigenvalue weighted by atomic mass is 35.5. The largest absolute Gasteiger partial charge is 0.453 e. The Balaban J connectivity index is 1.51. The maximum atomic E-state index is 12.2. The number of ether oxygens (including phenoxy) is 1. The molecule has 8 heteroatoms. The fourth-order valence-electron chi connectivity index (χ4n) is 2.37. The fourth-order valence-corrected chi connectivity index (χ4v) is 3.79. The number of nitrogens with one attached hydrogen (secondary N) is 1. The lowest BCUT2D eigenvalue weighted by Gasteiger charge is -2.14. The Hall–Kier alpha value is -2.15. The molecule has 5 nitrogen and oxygen atoms in total. The topological polar surface area (TPSA) is 68.3 Å². The summed E-state index contributed by atoms with van der Waals surface area (Å²) in [5.74, 6) is -0.924. The zero-order valence-electron chi connectivity index (χ0n) is 14.4. The van der Waals surface area contributed by atoms with Crippen LogP contribution in [0.3, 0.4) is 0 Å². The summed E-state index contributed by atoms with van der Waals surface area (Å²) in [7, 11) is 0. The molecule has 3 aromatic rings. The Morgan fingerprint density at radius 1 is 1.22 bits per heavy atom. The molecule has 0 spiro atoms. The van der Waals surface area contributed by atoms with Crippen molar-refractivity contribution in [1.29, 1.82) is 0 Å². The summed E-state index contributed by atoms with van der Waals surface area (Å²) in [6, 6.07) is 12.5. The van der Waals surface area contributed by atoms with Gasteiger partial charge >= 0.3 is 5.97 Å². The van der Waals surface area contributed by atoms with Gasteiger partial charge in [-0.3, -0.25) is 9.59 Å². The Bertz CT molecular complexity index is 957. The van der Waals surface area contributed by atoms with Crippen LogP contribution < -0.4 is 5.32 Å². The zero-order valence-corrected chi connectivity index (χ0v) is 16.7. The van der Waals surface area contributed by atoms with Crippen LogP contribution in [0.25, 0.3) is 10.2 Å². The van der Waals surface area contributed by atoms with Crippen molar-refractivity contribution in [2.75, 3.05) is 5.32 Å². The molecule has 0 bridgehead atoms. The highest BCUT2D eigenvalue weighted by Crippen LogP contribution is 2.26. The van der Waals surface area contributed by atoms with Crippen LogP contribution in [0.2, 0.25) is 10.0 Å². The number of hydrogen-bond acceptors (Lipinski definition) is 5. The summed E-state index contributed by atoms with van der Waals surface area (Å²) in [5, 5.41) is 4.25. The lowest BCUT2D eigenvalue weighted by molar-refractivity contribution is -0.153. The second-order valence-corrected chi connectivity index (χ2v) is 7.78. The van der Waals surface area contributed by atoms with Gasteiger partial charge in [0.1, 0.15) is 0 Å². The third kappa shape index (κ3) is 5.19. The van der Waals surface area contributed by atoms with Gasteiger partial charge in [-0.15, -0.1) is 11.3 Å². The average Bonchev–Trinajstić information content (AvgIpc) is 3.05. The maximum absolute atomic E-state index is 12.2. The van der Waals surface area contributed by atoms with E-state index in [1.807, 2.05) is 24.3 Å². The maximum Gasteiger partial charge on any atom is 0.306 e. The van der Waals surface area contributed by atoms with Gasteiger partial charge in [-0.05, 0) is 37.3 Å². The predicted octanol–water partition coefficient (Wildman–Crippen LogP) is 5.11. The number of para-hydroxylation sites is 1. The van der Waals surface area contributed by atoms with Gasteiger partial charge in [-0.2, -0.15) is 0 Å². The number of carbonyl (C=O) groups is 2. The van der Waals surface area contributed by atoms with Crippen LogP contribution in [-0.4, -0.2) is 23.0 Å². The number of aromatic nitrogens is 1. The number of hydrogen-bond donors (Lipinski definition) is 1. The molecule has 1 heterocycles. The summed E-state index contributed by atoms with van der Waals surface area (Å²) in [6.07, 6.45) is -0.325. The summed E-state index contributed by atoms with van der Waals surface area (Å²) in [4.78, 5) is 28.7. The van der Waals surface area contributed by atoms with Crippen LogP contribution in [0.15, 0.2) is 42.5 Å². The fraction of sp³-hybridized carbons (Fsp3) is 0.211. The summed E-state index contributed by atoms with van der Waals surface area (Å²) >= 11 is 13.4. The van der Waals surface area contributed by atoms with E-state index in [9.17, 15) is 9.59 Å². The molecular formula is C19H16Cl2N2O3S. The number of nitrogens with zero attached hydrogens (tertiary/aromatic N) is 1. The van der Waals surface area contributed by atoms with Crippen molar-refractivity contribution in [3.05, 3.63) is 57.5 Å². The van der Waals surface area contributed by atoms with E-state index in [4.69, 9.17) is 27.9 Å². The number of fused-ring (bicyclic) bond motifs is 1. The van der Waals surface area contributed by atoms with E-state index < -0.39 is 18.0 Å². The first-order valence-electron chi connectivity index (χ1n) is 8.22. The molecule has 0 radical (unpaired) electrons. The van der Waals surface area contributed by atoms with Gasteiger partial charge in [0.2, 0.25) is 0 Å². The first kappa shape index (κ1) is 19.6. The third-order valence-electron chi connectivity index (χ3n) is 3.75. The van der Waals surface area contributed by atoms with Gasteiger partial charge in [-0.1, -0.05) is 35.3 Å². The minimum absolute atomic E-state index is 0.152. The van der Waals surface area contributed by atoms with Gasteiger partial charge < -0.3 is 10.1 Å². The molecule has 0 saturated carbocycles. The number of amides is 1. The first-order valence-corrected chi connectivity index (χ1v) is 9.79. The van der Waals surface area contributed by atoms with Gasteiger partial charge in [0.15, 0.2) is 6.10 Å². The molecule has 1 N–H and O–H groups in total. The van der Waals surface area contributed by atoms with Crippen LogP contribution in [-0.2, 0) is 20.7 Å². The average molecular weight is 423 g/mol. The molecule has 27 heavy (non-hydrogen) atoms. The van der Waals surface area contributed by atoms with Gasteiger partial charge in [0.05, 0.1) is 32.4 Å². The van der Waals surface area contributed by atoms with E-state index in [1.165, 1.54) is 13.0 Å². The van der Waals surface area contributed by atoms with Gasteiger partial charge in [0.25, 0.3) is 5.91 Å². The molecule has 1 atom stereocenters. The quantitative estimate of drug-likeness (QED) is 0.560. The van der Waals surface area contributed by atoms with Gasteiger partial charge in [-0.25, -0.2) is 4.98 Å². The number of rotatable bonds is 6. The Labute approximate surface area is 170 Å². The SMILES string of the molecule is C[C@H](OC(=O)CCc1nc2ccccc2s1)C(=O)Nc1ccc(Cl)cc1Cl. The molecule has 3 rings (SSSR count). The van der Waals surface area contributed by atoms with E-state index in [1.54, 1.807) is 23.5 Å². The molecule has 0 saturated heterocycles. The molecule has 0 aliphatic heterocycles. The molecule has 0 unspecified atom stereocenters. The molecule has 0 aliphatic rings. The number of benzene rings is 2. The Morgan fingerprint density at radius 2 is 2.00 bits per heavy atom. The second-order valence-electron chi connectivity index (χ2n) is 5.82. The van der Waals surface area contributed by atoms with Gasteiger partial charge in [0, 0.05) is 11.4 Å². The predicted molar refractivity (Wildman–Crippen MR) is 109 cm³/mol. The first-order chi connectivity index (χ1) is 12.9. The zero-order chi connectivity index (χ0) is 19.4. The molecule has 0 fully saturated rings. The lowest BCUT2D eigenvalue weighted by atomic mass is 10.3. The number of aryl methyl sites for hydroxylation is 1. The third-order valence-corrected chi connectivity index (χ3v) is 5.39. The number of esters is 1. The smallest absolute Gasteiger partial charge is 0.306 e. The molecule has 0 aliphatic carbocycles. The minimum atomic E-state index is -0.945. The monoisotopic (exact) mass is 422 g/mol. The van der Waals surface area contributed by atoms with E-state index in [-0.39, 0.29) is 6.42 Å². The standard InChI is InChI=1S/C19H16Cl2N2O3S/c1-11(19(25)23-14-7-6-12(20)10-13(14)21)26-18(24)9-8-17-22-15-4-2-3-5-16(15)27-17/h2-7,10-11H,8-9H2,1H3,(H,23,25)/t11-/m0/s1. The highest BCUT2D eigenvalue weighted by Gasteiger charge is 2.19. The number of thiazole rings is 1. The van der Waals surface area contributed by atoms with Crippen molar-refractivity contribution in [1.82, 2.24) is 4.98 Å². The van der Waals surface area contributed by atoms with Crippen molar-refractivity contribution in [2.24, 2.45) is 0 Å². The normalized spacial score (nSPS) is 12.0. The van der Waals surface area contributed by atoms with Crippen LogP contribution in [0, 0.1) is 0 Å². The molecule has 2 aromatic carbocycles.